The summed E-state index contributed by atoms with van der Waals surface area (Å²) in [6.07, 6.45) is -1.08. The minimum Gasteiger partial charge on any atom is -0.397 e. The van der Waals surface area contributed by atoms with E-state index in [0.717, 1.165) is 0 Å². The third kappa shape index (κ3) is 1.32. The van der Waals surface area contributed by atoms with Crippen molar-refractivity contribution >= 4 is 16.7 Å². The lowest BCUT2D eigenvalue weighted by molar-refractivity contribution is 0.147. The van der Waals surface area contributed by atoms with Gasteiger partial charge >= 0.3 is 0 Å². The maximum atomic E-state index is 12.2. The second kappa shape index (κ2) is 2.69. The average Bonchev–Trinajstić information content (AvgIpc) is 2.46. The Morgan fingerprint density at radius 2 is 2.15 bits per heavy atom. The van der Waals surface area contributed by atoms with E-state index in [1.807, 2.05) is 0 Å². The fourth-order valence-corrected chi connectivity index (χ4v) is 1.17. The first-order chi connectivity index (χ1) is 6.16. The number of aromatic amines is 1. The van der Waals surface area contributed by atoms with Gasteiger partial charge in [-0.15, -0.1) is 0 Å². The normalized spacial score (nSPS) is 11.3. The molecule has 0 fully saturated rings. The van der Waals surface area contributed by atoms with Crippen LogP contribution in [0.5, 0.6) is 0 Å². The van der Waals surface area contributed by atoms with Crippen LogP contribution in [0.15, 0.2) is 18.3 Å². The molecule has 2 aromatic rings. The Morgan fingerprint density at radius 1 is 1.38 bits per heavy atom. The molecule has 0 aliphatic carbocycles. The predicted molar refractivity (Wildman–Crippen MR) is 45.5 cm³/mol. The molecule has 13 heavy (non-hydrogen) atoms. The predicted octanol–water partition coefficient (Wildman–Crippen LogP) is 2.08. The van der Waals surface area contributed by atoms with Crippen LogP contribution in [0, 0.1) is 0 Å². The van der Waals surface area contributed by atoms with Crippen LogP contribution >= 0.6 is 0 Å². The van der Waals surface area contributed by atoms with Crippen LogP contribution in [0.3, 0.4) is 0 Å². The van der Waals surface area contributed by atoms with E-state index in [9.17, 15) is 8.78 Å². The number of nitrogen functional groups attached to an aromatic ring is 1. The standard InChI is InChI=1S/C8H7F2N3/c9-7(10)6-2-4-1-5(11)3-12-8(4)13-6/h1-3,7H,11H2,(H,12,13). The van der Waals surface area contributed by atoms with E-state index in [1.54, 1.807) is 6.07 Å². The average molecular weight is 183 g/mol. The molecule has 0 bridgehead atoms. The number of anilines is 1. The van der Waals surface area contributed by atoms with Gasteiger partial charge in [-0.3, -0.25) is 0 Å². The first-order valence-corrected chi connectivity index (χ1v) is 3.69. The Bertz CT molecular complexity index is 436. The molecule has 2 rings (SSSR count). The van der Waals surface area contributed by atoms with Gasteiger partial charge in [0.05, 0.1) is 17.6 Å². The van der Waals surface area contributed by atoms with Crippen molar-refractivity contribution in [1.82, 2.24) is 9.97 Å². The highest BCUT2D eigenvalue weighted by Crippen LogP contribution is 2.22. The van der Waals surface area contributed by atoms with Crippen LogP contribution in [0.4, 0.5) is 14.5 Å². The van der Waals surface area contributed by atoms with Gasteiger partial charge in [-0.1, -0.05) is 0 Å². The maximum absolute atomic E-state index is 12.2. The summed E-state index contributed by atoms with van der Waals surface area (Å²) < 4.78 is 24.4. The number of pyridine rings is 1. The number of hydrogen-bond donors (Lipinski definition) is 2. The van der Waals surface area contributed by atoms with Crippen molar-refractivity contribution < 1.29 is 8.78 Å². The summed E-state index contributed by atoms with van der Waals surface area (Å²) in [5, 5.41) is 0.607. The molecule has 0 aliphatic rings. The van der Waals surface area contributed by atoms with Crippen LogP contribution < -0.4 is 5.73 Å². The molecule has 2 heterocycles. The Morgan fingerprint density at radius 3 is 2.85 bits per heavy atom. The Kier molecular flexibility index (Phi) is 1.65. The zero-order chi connectivity index (χ0) is 9.42. The molecule has 0 saturated carbocycles. The summed E-state index contributed by atoms with van der Waals surface area (Å²) in [5.74, 6) is 0. The minimum absolute atomic E-state index is 0.131. The first-order valence-electron chi connectivity index (χ1n) is 3.69. The number of alkyl halides is 2. The Hall–Kier alpha value is -1.65. The molecule has 68 valence electrons. The number of nitrogens with one attached hydrogen (secondary N) is 1. The summed E-state index contributed by atoms with van der Waals surface area (Å²) >= 11 is 0. The molecule has 0 radical (unpaired) electrons. The number of nitrogens with two attached hydrogens (primary N) is 1. The van der Waals surface area contributed by atoms with Gasteiger partial charge in [0.2, 0.25) is 0 Å². The van der Waals surface area contributed by atoms with Crippen LogP contribution in [0.1, 0.15) is 12.1 Å². The highest BCUT2D eigenvalue weighted by atomic mass is 19.3. The molecule has 0 spiro atoms. The van der Waals surface area contributed by atoms with E-state index in [1.165, 1.54) is 12.3 Å². The van der Waals surface area contributed by atoms with E-state index in [-0.39, 0.29) is 5.69 Å². The van der Waals surface area contributed by atoms with Crippen LogP contribution in [-0.2, 0) is 0 Å². The van der Waals surface area contributed by atoms with Gasteiger partial charge in [0.1, 0.15) is 5.65 Å². The second-order valence-corrected chi connectivity index (χ2v) is 2.73. The fourth-order valence-electron chi connectivity index (χ4n) is 1.17. The highest BCUT2D eigenvalue weighted by molar-refractivity contribution is 5.79. The molecule has 3 N–H and O–H groups in total. The molecule has 0 amide bonds. The van der Waals surface area contributed by atoms with Gasteiger partial charge in [-0.25, -0.2) is 13.8 Å². The molecule has 3 nitrogen and oxygen atoms in total. The summed E-state index contributed by atoms with van der Waals surface area (Å²) in [6.45, 7) is 0. The number of halogens is 2. The number of aromatic nitrogens is 2. The van der Waals surface area contributed by atoms with E-state index < -0.39 is 6.43 Å². The summed E-state index contributed by atoms with van der Waals surface area (Å²) in [7, 11) is 0. The van der Waals surface area contributed by atoms with E-state index in [0.29, 0.717) is 16.7 Å². The molecule has 5 heteroatoms. The third-order valence-electron chi connectivity index (χ3n) is 1.75. The van der Waals surface area contributed by atoms with Crippen molar-refractivity contribution in [3.8, 4) is 0 Å². The zero-order valence-electron chi connectivity index (χ0n) is 6.59. The van der Waals surface area contributed by atoms with Crippen molar-refractivity contribution in [3.63, 3.8) is 0 Å². The molecule has 0 unspecified atom stereocenters. The fraction of sp³-hybridized carbons (Fsp3) is 0.125. The molecule has 0 aliphatic heterocycles. The summed E-state index contributed by atoms with van der Waals surface area (Å²) in [5.41, 5.74) is 6.21. The lowest BCUT2D eigenvalue weighted by Crippen LogP contribution is -1.85. The molecule has 2 aromatic heterocycles. The number of H-pyrrole nitrogens is 1. The van der Waals surface area contributed by atoms with Gasteiger partial charge in [0, 0.05) is 5.39 Å². The summed E-state index contributed by atoms with van der Waals surface area (Å²) in [6, 6.07) is 2.95. The van der Waals surface area contributed by atoms with Gasteiger partial charge in [-0.05, 0) is 12.1 Å². The smallest absolute Gasteiger partial charge is 0.278 e. The Balaban J connectivity index is 2.62. The quantitative estimate of drug-likeness (QED) is 0.711. The highest BCUT2D eigenvalue weighted by Gasteiger charge is 2.10. The van der Waals surface area contributed by atoms with Crippen molar-refractivity contribution in [1.29, 1.82) is 0 Å². The van der Waals surface area contributed by atoms with Gasteiger partial charge < -0.3 is 10.7 Å². The van der Waals surface area contributed by atoms with Crippen LogP contribution in [-0.4, -0.2) is 9.97 Å². The van der Waals surface area contributed by atoms with Crippen LogP contribution in [0.2, 0.25) is 0 Å². The molecule has 0 atom stereocenters. The first kappa shape index (κ1) is 7.97. The van der Waals surface area contributed by atoms with E-state index in [4.69, 9.17) is 5.73 Å². The molecular formula is C8H7F2N3. The monoisotopic (exact) mass is 183 g/mol. The maximum Gasteiger partial charge on any atom is 0.278 e. The van der Waals surface area contributed by atoms with Crippen molar-refractivity contribution in [2.45, 2.75) is 6.43 Å². The zero-order valence-corrected chi connectivity index (χ0v) is 6.59. The largest absolute Gasteiger partial charge is 0.397 e. The topological polar surface area (TPSA) is 54.7 Å². The number of nitrogens with zero attached hydrogens (tertiary/aromatic N) is 1. The lowest BCUT2D eigenvalue weighted by atomic mass is 10.3. The SMILES string of the molecule is Nc1cnc2[nH]c(C(F)F)cc2c1. The van der Waals surface area contributed by atoms with E-state index in [2.05, 4.69) is 9.97 Å². The summed E-state index contributed by atoms with van der Waals surface area (Å²) in [4.78, 5) is 6.38. The Labute approximate surface area is 72.6 Å². The third-order valence-corrected chi connectivity index (χ3v) is 1.75. The van der Waals surface area contributed by atoms with Crippen molar-refractivity contribution in [2.75, 3.05) is 5.73 Å². The lowest BCUT2D eigenvalue weighted by Gasteiger charge is -1.90. The number of hydrogen-bond acceptors (Lipinski definition) is 2. The second-order valence-electron chi connectivity index (χ2n) is 2.73. The molecular weight excluding hydrogens is 176 g/mol. The van der Waals surface area contributed by atoms with Crippen molar-refractivity contribution in [2.24, 2.45) is 0 Å². The van der Waals surface area contributed by atoms with Gasteiger partial charge in [0.25, 0.3) is 6.43 Å². The molecule has 0 saturated heterocycles. The number of rotatable bonds is 1. The van der Waals surface area contributed by atoms with Gasteiger partial charge in [-0.2, -0.15) is 0 Å². The van der Waals surface area contributed by atoms with Gasteiger partial charge in [0.15, 0.2) is 0 Å². The molecule has 0 aromatic carbocycles. The number of fused-ring (bicyclic) bond motifs is 1. The van der Waals surface area contributed by atoms with Crippen molar-refractivity contribution in [3.05, 3.63) is 24.0 Å². The van der Waals surface area contributed by atoms with Crippen LogP contribution in [0.25, 0.3) is 11.0 Å². The minimum atomic E-state index is -2.50. The van der Waals surface area contributed by atoms with E-state index >= 15 is 0 Å².